The highest BCUT2D eigenvalue weighted by Gasteiger charge is 2.04. The van der Waals surface area contributed by atoms with Gasteiger partial charge >= 0.3 is 0 Å². The number of rotatable bonds is 1. The molecule has 0 saturated carbocycles. The van der Waals surface area contributed by atoms with Crippen molar-refractivity contribution in [3.05, 3.63) is 36.4 Å². The molecule has 0 atom stereocenters. The van der Waals surface area contributed by atoms with Crippen molar-refractivity contribution in [1.29, 1.82) is 0 Å². The number of nitrogens with two attached hydrogens (primary N) is 1. The van der Waals surface area contributed by atoms with Crippen LogP contribution in [-0.2, 0) is 0 Å². The summed E-state index contributed by atoms with van der Waals surface area (Å²) < 4.78 is 0. The Bertz CT molecular complexity index is 686. The van der Waals surface area contributed by atoms with Gasteiger partial charge < -0.3 is 10.7 Å². The summed E-state index contributed by atoms with van der Waals surface area (Å²) in [6, 6.07) is 5.71. The number of aromatic nitrogens is 4. The van der Waals surface area contributed by atoms with E-state index in [1.807, 2.05) is 25.1 Å². The van der Waals surface area contributed by atoms with E-state index in [1.54, 1.807) is 12.4 Å². The molecule has 0 amide bonds. The second-order valence-electron chi connectivity index (χ2n) is 3.88. The predicted octanol–water partition coefficient (Wildman–Crippen LogP) is 1.91. The molecule has 0 aliphatic heterocycles. The van der Waals surface area contributed by atoms with Gasteiger partial charge in [0.1, 0.15) is 17.2 Å². The molecule has 5 nitrogen and oxygen atoms in total. The lowest BCUT2D eigenvalue weighted by atomic mass is 10.1. The third-order valence-corrected chi connectivity index (χ3v) is 2.57. The number of aryl methyl sites for hydroxylation is 1. The number of hydrogen-bond acceptors (Lipinski definition) is 4. The molecule has 0 radical (unpaired) electrons. The van der Waals surface area contributed by atoms with Crippen molar-refractivity contribution >= 4 is 17.0 Å². The van der Waals surface area contributed by atoms with Gasteiger partial charge in [0.2, 0.25) is 0 Å². The lowest BCUT2D eigenvalue weighted by molar-refractivity contribution is 1.16. The van der Waals surface area contributed by atoms with Crippen LogP contribution in [0, 0.1) is 6.92 Å². The van der Waals surface area contributed by atoms with E-state index in [4.69, 9.17) is 5.73 Å². The molecule has 3 rings (SSSR count). The molecular formula is C12H11N5. The van der Waals surface area contributed by atoms with E-state index in [0.29, 0.717) is 5.82 Å². The fourth-order valence-electron chi connectivity index (χ4n) is 1.80. The van der Waals surface area contributed by atoms with E-state index in [1.165, 1.54) is 0 Å². The standard InChI is InChI=1S/C12H11N5/c1-7-16-10-4-9(6-15-12(10)17-7)8-2-3-14-11(13)5-8/h2-6H,1H3,(H2,13,14)(H,15,16,17). The second-order valence-corrected chi connectivity index (χ2v) is 3.88. The lowest BCUT2D eigenvalue weighted by Crippen LogP contribution is -1.90. The van der Waals surface area contributed by atoms with Crippen molar-refractivity contribution in [2.45, 2.75) is 6.92 Å². The van der Waals surface area contributed by atoms with Gasteiger partial charge in [-0.25, -0.2) is 15.0 Å². The first-order valence-corrected chi connectivity index (χ1v) is 5.26. The van der Waals surface area contributed by atoms with Crippen LogP contribution in [0.25, 0.3) is 22.3 Å². The van der Waals surface area contributed by atoms with Gasteiger partial charge in [-0.2, -0.15) is 0 Å². The van der Waals surface area contributed by atoms with Crippen molar-refractivity contribution in [3.63, 3.8) is 0 Å². The van der Waals surface area contributed by atoms with Crippen LogP contribution in [0.4, 0.5) is 5.82 Å². The number of H-pyrrole nitrogens is 1. The molecule has 0 unspecified atom stereocenters. The first-order valence-electron chi connectivity index (χ1n) is 5.26. The van der Waals surface area contributed by atoms with Crippen LogP contribution in [0.1, 0.15) is 5.82 Å². The monoisotopic (exact) mass is 225 g/mol. The number of nitrogens with zero attached hydrogens (tertiary/aromatic N) is 3. The molecule has 0 aliphatic carbocycles. The van der Waals surface area contributed by atoms with E-state index in [-0.39, 0.29) is 0 Å². The SMILES string of the molecule is Cc1nc2cc(-c3ccnc(N)c3)cnc2[nH]1. The van der Waals surface area contributed by atoms with E-state index in [2.05, 4.69) is 19.9 Å². The van der Waals surface area contributed by atoms with Crippen molar-refractivity contribution in [2.24, 2.45) is 0 Å². The van der Waals surface area contributed by atoms with Gasteiger partial charge in [0, 0.05) is 18.0 Å². The highest BCUT2D eigenvalue weighted by Crippen LogP contribution is 2.22. The molecule has 0 saturated heterocycles. The van der Waals surface area contributed by atoms with Crippen LogP contribution >= 0.6 is 0 Å². The largest absolute Gasteiger partial charge is 0.384 e. The molecule has 3 N–H and O–H groups in total. The molecule has 0 spiro atoms. The normalized spacial score (nSPS) is 10.9. The Labute approximate surface area is 97.7 Å². The quantitative estimate of drug-likeness (QED) is 0.663. The van der Waals surface area contributed by atoms with E-state index in [0.717, 1.165) is 28.1 Å². The third-order valence-electron chi connectivity index (χ3n) is 2.57. The van der Waals surface area contributed by atoms with Gasteiger partial charge in [-0.1, -0.05) is 0 Å². The van der Waals surface area contributed by atoms with Gasteiger partial charge in [-0.15, -0.1) is 0 Å². The first-order chi connectivity index (χ1) is 8.22. The van der Waals surface area contributed by atoms with Crippen LogP contribution in [-0.4, -0.2) is 19.9 Å². The van der Waals surface area contributed by atoms with Gasteiger partial charge in [-0.05, 0) is 30.7 Å². The Morgan fingerprint density at radius 3 is 2.88 bits per heavy atom. The number of anilines is 1. The zero-order chi connectivity index (χ0) is 11.8. The molecule has 0 aromatic carbocycles. The van der Waals surface area contributed by atoms with Gasteiger partial charge in [-0.3, -0.25) is 0 Å². The summed E-state index contributed by atoms with van der Waals surface area (Å²) in [7, 11) is 0. The van der Waals surface area contributed by atoms with Gasteiger partial charge in [0.25, 0.3) is 0 Å². The highest BCUT2D eigenvalue weighted by atomic mass is 15.0. The average molecular weight is 225 g/mol. The van der Waals surface area contributed by atoms with Crippen LogP contribution in [0.2, 0.25) is 0 Å². The van der Waals surface area contributed by atoms with Crippen LogP contribution < -0.4 is 5.73 Å². The molecule has 17 heavy (non-hydrogen) atoms. The number of fused-ring (bicyclic) bond motifs is 1. The molecule has 0 fully saturated rings. The Balaban J connectivity index is 2.17. The molecule has 3 aromatic heterocycles. The number of pyridine rings is 2. The fourth-order valence-corrected chi connectivity index (χ4v) is 1.80. The Hall–Kier alpha value is -2.43. The highest BCUT2D eigenvalue weighted by molar-refractivity contribution is 5.78. The smallest absolute Gasteiger partial charge is 0.157 e. The molecule has 3 heterocycles. The summed E-state index contributed by atoms with van der Waals surface area (Å²) in [5.41, 5.74) is 9.29. The Kier molecular flexibility index (Phi) is 2.04. The molecular weight excluding hydrogens is 214 g/mol. The minimum absolute atomic E-state index is 0.501. The molecule has 3 aromatic rings. The summed E-state index contributed by atoms with van der Waals surface area (Å²) in [6.07, 6.45) is 3.49. The van der Waals surface area contributed by atoms with Crippen molar-refractivity contribution in [3.8, 4) is 11.1 Å². The minimum atomic E-state index is 0.501. The first kappa shape index (κ1) is 9.77. The molecule has 0 aliphatic rings. The summed E-state index contributed by atoms with van der Waals surface area (Å²) in [5.74, 6) is 1.36. The molecule has 84 valence electrons. The fraction of sp³-hybridized carbons (Fsp3) is 0.0833. The maximum Gasteiger partial charge on any atom is 0.157 e. The maximum atomic E-state index is 5.66. The summed E-state index contributed by atoms with van der Waals surface area (Å²) >= 11 is 0. The number of hydrogen-bond donors (Lipinski definition) is 2. The number of nitrogens with one attached hydrogen (secondary N) is 1. The second kappa shape index (κ2) is 3.55. The van der Waals surface area contributed by atoms with E-state index in [9.17, 15) is 0 Å². The predicted molar refractivity (Wildman–Crippen MR) is 66.3 cm³/mol. The minimum Gasteiger partial charge on any atom is -0.384 e. The number of nitrogen functional groups attached to an aromatic ring is 1. The van der Waals surface area contributed by atoms with Crippen LogP contribution in [0.5, 0.6) is 0 Å². The summed E-state index contributed by atoms with van der Waals surface area (Å²) in [4.78, 5) is 15.7. The van der Waals surface area contributed by atoms with E-state index >= 15 is 0 Å². The van der Waals surface area contributed by atoms with Crippen molar-refractivity contribution in [2.75, 3.05) is 5.73 Å². The Morgan fingerprint density at radius 2 is 2.06 bits per heavy atom. The zero-order valence-corrected chi connectivity index (χ0v) is 9.31. The topological polar surface area (TPSA) is 80.5 Å². The molecule has 0 bridgehead atoms. The number of imidazole rings is 1. The summed E-state index contributed by atoms with van der Waals surface area (Å²) in [6.45, 7) is 1.91. The lowest BCUT2D eigenvalue weighted by Gasteiger charge is -2.01. The zero-order valence-electron chi connectivity index (χ0n) is 9.31. The number of aromatic amines is 1. The van der Waals surface area contributed by atoms with E-state index < -0.39 is 0 Å². The summed E-state index contributed by atoms with van der Waals surface area (Å²) in [5, 5.41) is 0. The Morgan fingerprint density at radius 1 is 1.18 bits per heavy atom. The maximum absolute atomic E-state index is 5.66. The van der Waals surface area contributed by atoms with Crippen molar-refractivity contribution in [1.82, 2.24) is 19.9 Å². The van der Waals surface area contributed by atoms with Crippen molar-refractivity contribution < 1.29 is 0 Å². The van der Waals surface area contributed by atoms with Gasteiger partial charge in [0.15, 0.2) is 5.65 Å². The van der Waals surface area contributed by atoms with Crippen LogP contribution in [0.15, 0.2) is 30.6 Å². The molecule has 5 heteroatoms. The van der Waals surface area contributed by atoms with Gasteiger partial charge in [0.05, 0.1) is 0 Å². The average Bonchev–Trinajstić information content (AvgIpc) is 2.68. The third kappa shape index (κ3) is 1.71. The van der Waals surface area contributed by atoms with Crippen LogP contribution in [0.3, 0.4) is 0 Å².